The van der Waals surface area contributed by atoms with Crippen molar-refractivity contribution in [1.82, 2.24) is 15.0 Å². The fraction of sp³-hybridized carbons (Fsp3) is 0.833. The van der Waals surface area contributed by atoms with Crippen LogP contribution < -0.4 is 38.1 Å². The van der Waals surface area contributed by atoms with Gasteiger partial charge in [0.05, 0.1) is 0 Å². The summed E-state index contributed by atoms with van der Waals surface area (Å²) < 4.78 is 0. The predicted molar refractivity (Wildman–Crippen MR) is 113 cm³/mol. The Bertz CT molecular complexity index is 575. The van der Waals surface area contributed by atoms with Crippen molar-refractivity contribution in [1.29, 1.82) is 0 Å². The highest BCUT2D eigenvalue weighted by molar-refractivity contribution is 5.46. The number of aromatic nitrogens is 3. The molecule has 3 heterocycles. The number of hydrogen-bond donors (Lipinski definition) is 5. The van der Waals surface area contributed by atoms with Gasteiger partial charge in [-0.15, -0.1) is 0 Å². The van der Waals surface area contributed by atoms with E-state index in [2.05, 4.69) is 38.9 Å². The highest BCUT2D eigenvalue weighted by Gasteiger charge is 2.28. The lowest BCUT2D eigenvalue weighted by atomic mass is 10.0. The van der Waals surface area contributed by atoms with Gasteiger partial charge in [0, 0.05) is 56.9 Å². The molecular weight excluding hydrogens is 356 g/mol. The summed E-state index contributed by atoms with van der Waals surface area (Å²) in [5.74, 6) is 2.39. The molecule has 2 fully saturated rings. The molecule has 10 nitrogen and oxygen atoms in total. The predicted octanol–water partition coefficient (Wildman–Crippen LogP) is -0.941. The van der Waals surface area contributed by atoms with Crippen LogP contribution in [0.4, 0.5) is 17.8 Å². The molecule has 0 spiro atoms. The van der Waals surface area contributed by atoms with E-state index in [1.54, 1.807) is 0 Å². The van der Waals surface area contributed by atoms with Crippen molar-refractivity contribution in [3.63, 3.8) is 0 Å². The second kappa shape index (κ2) is 9.17. The molecule has 10 heteroatoms. The second-order valence-electron chi connectivity index (χ2n) is 8.69. The summed E-state index contributed by atoms with van der Waals surface area (Å²) in [5.41, 5.74) is 24.7. The lowest BCUT2D eigenvalue weighted by Gasteiger charge is -2.37. The Morgan fingerprint density at radius 2 is 1.25 bits per heavy atom. The molecule has 158 valence electrons. The molecule has 2 aliphatic rings. The van der Waals surface area contributed by atoms with E-state index in [0.29, 0.717) is 49.9 Å². The molecule has 3 rings (SSSR count). The van der Waals surface area contributed by atoms with Crippen molar-refractivity contribution >= 4 is 17.8 Å². The number of hydrogen-bond acceptors (Lipinski definition) is 10. The SMILES string of the molecule is CC(C)CCNc1nc(N2C[C@H](N)C[C@H](N)C2)nc(N2C[C@H](N)C[C@H](N)C2)n1. The molecule has 1 aromatic rings. The van der Waals surface area contributed by atoms with E-state index in [9.17, 15) is 0 Å². The van der Waals surface area contributed by atoms with Gasteiger partial charge < -0.3 is 38.1 Å². The lowest BCUT2D eigenvalue weighted by molar-refractivity contribution is 0.441. The summed E-state index contributed by atoms with van der Waals surface area (Å²) in [4.78, 5) is 18.1. The topological polar surface area (TPSA) is 161 Å². The van der Waals surface area contributed by atoms with Crippen LogP contribution in [0.5, 0.6) is 0 Å². The lowest BCUT2D eigenvalue weighted by Crippen LogP contribution is -2.54. The molecular formula is C18H36N10. The summed E-state index contributed by atoms with van der Waals surface area (Å²) in [5, 5.41) is 3.34. The molecule has 0 unspecified atom stereocenters. The van der Waals surface area contributed by atoms with E-state index >= 15 is 0 Å². The molecule has 0 amide bonds. The maximum Gasteiger partial charge on any atom is 0.232 e. The second-order valence-corrected chi connectivity index (χ2v) is 8.69. The first-order chi connectivity index (χ1) is 13.3. The normalized spacial score (nSPS) is 28.7. The van der Waals surface area contributed by atoms with E-state index in [0.717, 1.165) is 25.8 Å². The number of anilines is 3. The molecule has 2 saturated heterocycles. The Hall–Kier alpha value is -1.75. The van der Waals surface area contributed by atoms with Crippen LogP contribution in [0.25, 0.3) is 0 Å². The molecule has 0 aliphatic carbocycles. The average Bonchev–Trinajstić information content (AvgIpc) is 2.59. The maximum absolute atomic E-state index is 6.17. The fourth-order valence-electron chi connectivity index (χ4n) is 3.87. The van der Waals surface area contributed by atoms with E-state index in [-0.39, 0.29) is 24.2 Å². The van der Waals surface area contributed by atoms with Gasteiger partial charge in [-0.2, -0.15) is 15.0 Å². The zero-order valence-electron chi connectivity index (χ0n) is 17.1. The molecule has 4 atom stereocenters. The Kier molecular flexibility index (Phi) is 6.86. The third-order valence-corrected chi connectivity index (χ3v) is 5.21. The number of nitrogens with zero attached hydrogens (tertiary/aromatic N) is 5. The van der Waals surface area contributed by atoms with Crippen molar-refractivity contribution in [3.8, 4) is 0 Å². The number of rotatable bonds is 6. The Morgan fingerprint density at radius 1 is 0.821 bits per heavy atom. The third kappa shape index (κ3) is 5.63. The third-order valence-electron chi connectivity index (χ3n) is 5.21. The van der Waals surface area contributed by atoms with Gasteiger partial charge in [-0.1, -0.05) is 13.8 Å². The van der Waals surface area contributed by atoms with Gasteiger partial charge in [0.1, 0.15) is 0 Å². The summed E-state index contributed by atoms with van der Waals surface area (Å²) in [6, 6.07) is 0.0487. The molecule has 2 aliphatic heterocycles. The van der Waals surface area contributed by atoms with Gasteiger partial charge >= 0.3 is 0 Å². The van der Waals surface area contributed by atoms with E-state index in [4.69, 9.17) is 27.9 Å². The highest BCUT2D eigenvalue weighted by Crippen LogP contribution is 2.22. The summed E-state index contributed by atoms with van der Waals surface area (Å²) in [6.07, 6.45) is 2.66. The van der Waals surface area contributed by atoms with E-state index in [1.165, 1.54) is 0 Å². The largest absolute Gasteiger partial charge is 0.354 e. The molecule has 0 bridgehead atoms. The minimum Gasteiger partial charge on any atom is -0.354 e. The fourth-order valence-corrected chi connectivity index (χ4v) is 3.87. The summed E-state index contributed by atoms with van der Waals surface area (Å²) >= 11 is 0. The van der Waals surface area contributed by atoms with Gasteiger partial charge in [0.2, 0.25) is 17.8 Å². The first kappa shape index (κ1) is 21.0. The quantitative estimate of drug-likeness (QED) is 0.408. The van der Waals surface area contributed by atoms with Crippen LogP contribution in [0.2, 0.25) is 0 Å². The van der Waals surface area contributed by atoms with Gasteiger partial charge in [0.25, 0.3) is 0 Å². The standard InChI is InChI=1S/C18H36N10/c1-11(2)3-4-23-16-24-17(27-7-12(19)5-13(20)8-27)26-18(25-16)28-9-14(21)6-15(22)10-28/h11-15H,3-10,19-22H2,1-2H3,(H,23,24,25,26)/t12-,13+,14-,15+. The van der Waals surface area contributed by atoms with Gasteiger partial charge in [0.15, 0.2) is 0 Å². The Morgan fingerprint density at radius 3 is 1.64 bits per heavy atom. The summed E-state index contributed by atoms with van der Waals surface area (Å²) in [6.45, 7) is 7.92. The molecule has 0 aromatic carbocycles. The van der Waals surface area contributed by atoms with Crippen LogP contribution in [0.15, 0.2) is 0 Å². The molecule has 0 saturated carbocycles. The number of nitrogens with one attached hydrogen (secondary N) is 1. The number of nitrogens with two attached hydrogens (primary N) is 4. The zero-order valence-corrected chi connectivity index (χ0v) is 17.1. The number of piperidine rings is 2. The van der Waals surface area contributed by atoms with Gasteiger partial charge in [-0.05, 0) is 25.2 Å². The first-order valence-electron chi connectivity index (χ1n) is 10.3. The molecule has 9 N–H and O–H groups in total. The molecule has 28 heavy (non-hydrogen) atoms. The van der Waals surface area contributed by atoms with Crippen LogP contribution in [0.1, 0.15) is 33.1 Å². The van der Waals surface area contributed by atoms with Crippen LogP contribution >= 0.6 is 0 Å². The zero-order chi connectivity index (χ0) is 20.3. The highest BCUT2D eigenvalue weighted by atomic mass is 15.4. The van der Waals surface area contributed by atoms with Gasteiger partial charge in [-0.3, -0.25) is 0 Å². The van der Waals surface area contributed by atoms with Crippen LogP contribution in [0.3, 0.4) is 0 Å². The molecule has 1 aromatic heterocycles. The monoisotopic (exact) mass is 392 g/mol. The van der Waals surface area contributed by atoms with E-state index in [1.807, 2.05) is 0 Å². The Labute approximate surface area is 167 Å². The van der Waals surface area contributed by atoms with Crippen molar-refractivity contribution in [2.45, 2.75) is 57.3 Å². The van der Waals surface area contributed by atoms with Crippen LogP contribution in [-0.2, 0) is 0 Å². The maximum atomic E-state index is 6.17. The minimum atomic E-state index is 0.0122. The van der Waals surface area contributed by atoms with Crippen molar-refractivity contribution in [3.05, 3.63) is 0 Å². The minimum absolute atomic E-state index is 0.0122. The van der Waals surface area contributed by atoms with Crippen LogP contribution in [-0.4, -0.2) is 71.8 Å². The molecule has 0 radical (unpaired) electrons. The van der Waals surface area contributed by atoms with Crippen molar-refractivity contribution in [2.75, 3.05) is 47.8 Å². The first-order valence-corrected chi connectivity index (χ1v) is 10.3. The van der Waals surface area contributed by atoms with Crippen molar-refractivity contribution in [2.24, 2.45) is 28.9 Å². The van der Waals surface area contributed by atoms with Crippen LogP contribution in [0, 0.1) is 5.92 Å². The summed E-state index contributed by atoms with van der Waals surface area (Å²) in [7, 11) is 0. The smallest absolute Gasteiger partial charge is 0.232 e. The van der Waals surface area contributed by atoms with Crippen molar-refractivity contribution < 1.29 is 0 Å². The average molecular weight is 393 g/mol. The van der Waals surface area contributed by atoms with Gasteiger partial charge in [-0.25, -0.2) is 0 Å². The van der Waals surface area contributed by atoms with E-state index < -0.39 is 0 Å². The Balaban J connectivity index is 1.85.